The SMILES string of the molecule is COC1CCC(O)(CCNC(=O)c2cnc(-c3cnn4cc(Cl)cnc34)cc2NC2COC2)CC1. The normalized spacial score (nSPS) is 22.7. The van der Waals surface area contributed by atoms with Crippen LogP contribution < -0.4 is 10.6 Å². The van der Waals surface area contributed by atoms with Crippen LogP contribution in [0.4, 0.5) is 5.69 Å². The fourth-order valence-electron chi connectivity index (χ4n) is 4.59. The number of hydrogen-bond acceptors (Lipinski definition) is 8. The van der Waals surface area contributed by atoms with E-state index in [9.17, 15) is 9.90 Å². The van der Waals surface area contributed by atoms with Gasteiger partial charge in [-0.3, -0.25) is 9.78 Å². The molecule has 10 nitrogen and oxygen atoms in total. The first kappa shape index (κ1) is 23.9. The first-order valence-corrected chi connectivity index (χ1v) is 12.2. The van der Waals surface area contributed by atoms with Gasteiger partial charge in [-0.2, -0.15) is 5.10 Å². The second-order valence-corrected chi connectivity index (χ2v) is 9.69. The molecule has 3 aromatic rings. The van der Waals surface area contributed by atoms with Gasteiger partial charge in [0.25, 0.3) is 5.91 Å². The molecule has 1 aliphatic heterocycles. The lowest BCUT2D eigenvalue weighted by molar-refractivity contribution is -0.0473. The third kappa shape index (κ3) is 5.25. The lowest BCUT2D eigenvalue weighted by Gasteiger charge is -2.35. The molecular weight excluding hydrogens is 472 g/mol. The minimum Gasteiger partial charge on any atom is -0.390 e. The van der Waals surface area contributed by atoms with Gasteiger partial charge in [0.1, 0.15) is 0 Å². The van der Waals surface area contributed by atoms with Crippen LogP contribution in [-0.2, 0) is 9.47 Å². The summed E-state index contributed by atoms with van der Waals surface area (Å²) in [6, 6.07) is 1.95. The van der Waals surface area contributed by atoms with Gasteiger partial charge in [0.2, 0.25) is 0 Å². The highest BCUT2D eigenvalue weighted by molar-refractivity contribution is 6.30. The van der Waals surface area contributed by atoms with E-state index in [1.165, 1.54) is 0 Å². The van der Waals surface area contributed by atoms with Crippen LogP contribution in [0.1, 0.15) is 42.5 Å². The molecule has 5 rings (SSSR count). The van der Waals surface area contributed by atoms with Crippen LogP contribution in [0.15, 0.2) is 30.9 Å². The Hall–Kier alpha value is -2.79. The Bertz CT molecular complexity index is 1210. The van der Waals surface area contributed by atoms with Crippen LogP contribution in [0.25, 0.3) is 16.9 Å². The molecule has 2 aliphatic rings. The predicted octanol–water partition coefficient (Wildman–Crippen LogP) is 2.70. The van der Waals surface area contributed by atoms with E-state index in [0.717, 1.165) is 18.4 Å². The van der Waals surface area contributed by atoms with E-state index in [4.69, 9.17) is 21.1 Å². The van der Waals surface area contributed by atoms with Crippen molar-refractivity contribution in [2.45, 2.75) is 49.9 Å². The van der Waals surface area contributed by atoms with E-state index >= 15 is 0 Å². The first-order chi connectivity index (χ1) is 16.9. The van der Waals surface area contributed by atoms with Crippen molar-refractivity contribution in [1.82, 2.24) is 24.9 Å². The number of halogens is 1. The number of ether oxygens (including phenoxy) is 2. The first-order valence-electron chi connectivity index (χ1n) is 11.8. The quantitative estimate of drug-likeness (QED) is 0.431. The molecule has 35 heavy (non-hydrogen) atoms. The zero-order valence-corrected chi connectivity index (χ0v) is 20.3. The number of amides is 1. The molecule has 0 aromatic carbocycles. The Morgan fingerprint density at radius 3 is 2.80 bits per heavy atom. The number of nitrogens with zero attached hydrogens (tertiary/aromatic N) is 4. The summed E-state index contributed by atoms with van der Waals surface area (Å²) in [5.41, 5.74) is 2.31. The van der Waals surface area contributed by atoms with Crippen molar-refractivity contribution in [3.8, 4) is 11.3 Å². The van der Waals surface area contributed by atoms with Crippen LogP contribution in [0.2, 0.25) is 5.02 Å². The van der Waals surface area contributed by atoms with E-state index < -0.39 is 5.60 Å². The van der Waals surface area contributed by atoms with Crippen molar-refractivity contribution < 1.29 is 19.4 Å². The third-order valence-corrected chi connectivity index (χ3v) is 7.01. The fourth-order valence-corrected chi connectivity index (χ4v) is 4.73. The molecule has 1 aliphatic carbocycles. The molecule has 1 amide bonds. The van der Waals surface area contributed by atoms with Gasteiger partial charge in [-0.1, -0.05) is 11.6 Å². The van der Waals surface area contributed by atoms with E-state index in [-0.39, 0.29) is 18.1 Å². The number of aliphatic hydroxyl groups is 1. The molecule has 0 bridgehead atoms. The fraction of sp³-hybridized carbons (Fsp3) is 0.500. The Labute approximate surface area is 208 Å². The van der Waals surface area contributed by atoms with Crippen LogP contribution in [0, 0.1) is 0 Å². The number of nitrogens with one attached hydrogen (secondary N) is 2. The summed E-state index contributed by atoms with van der Waals surface area (Å²) in [7, 11) is 1.71. The molecule has 2 fully saturated rings. The summed E-state index contributed by atoms with van der Waals surface area (Å²) >= 11 is 6.02. The number of hydrogen-bond donors (Lipinski definition) is 3. The average Bonchev–Trinajstić information content (AvgIpc) is 3.24. The van der Waals surface area contributed by atoms with Crippen molar-refractivity contribution in [1.29, 1.82) is 0 Å². The Morgan fingerprint density at radius 1 is 1.29 bits per heavy atom. The summed E-state index contributed by atoms with van der Waals surface area (Å²) in [6.07, 6.45) is 10.2. The van der Waals surface area contributed by atoms with Gasteiger partial charge in [0.15, 0.2) is 5.65 Å². The molecule has 1 saturated heterocycles. The number of carbonyl (C=O) groups is 1. The lowest BCUT2D eigenvalue weighted by atomic mass is 9.81. The van der Waals surface area contributed by atoms with Gasteiger partial charge < -0.3 is 25.2 Å². The van der Waals surface area contributed by atoms with Crippen molar-refractivity contribution in [2.24, 2.45) is 0 Å². The van der Waals surface area contributed by atoms with Crippen molar-refractivity contribution >= 4 is 28.8 Å². The molecule has 3 N–H and O–H groups in total. The topological polar surface area (TPSA) is 123 Å². The number of methoxy groups -OCH3 is 1. The van der Waals surface area contributed by atoms with Crippen LogP contribution in [-0.4, -0.2) is 75.2 Å². The summed E-state index contributed by atoms with van der Waals surface area (Å²) in [5, 5.41) is 22.0. The maximum atomic E-state index is 13.1. The van der Waals surface area contributed by atoms with Gasteiger partial charge in [-0.25, -0.2) is 9.50 Å². The van der Waals surface area contributed by atoms with Crippen molar-refractivity contribution in [2.75, 3.05) is 32.2 Å². The molecular formula is C24H29ClN6O4. The minimum atomic E-state index is -0.770. The van der Waals surface area contributed by atoms with Gasteiger partial charge in [-0.15, -0.1) is 0 Å². The van der Waals surface area contributed by atoms with Crippen LogP contribution in [0.3, 0.4) is 0 Å². The summed E-state index contributed by atoms with van der Waals surface area (Å²) < 4.78 is 12.3. The monoisotopic (exact) mass is 500 g/mol. The number of anilines is 1. The average molecular weight is 501 g/mol. The third-order valence-electron chi connectivity index (χ3n) is 6.82. The zero-order chi connectivity index (χ0) is 24.4. The Kier molecular flexibility index (Phi) is 6.88. The Balaban J connectivity index is 1.31. The number of carbonyl (C=O) groups excluding carboxylic acids is 1. The minimum absolute atomic E-state index is 0.120. The molecule has 0 radical (unpaired) electrons. The highest BCUT2D eigenvalue weighted by Gasteiger charge is 2.33. The number of rotatable bonds is 8. The highest BCUT2D eigenvalue weighted by Crippen LogP contribution is 2.32. The van der Waals surface area contributed by atoms with Gasteiger partial charge in [-0.05, 0) is 38.2 Å². The van der Waals surface area contributed by atoms with Crippen molar-refractivity contribution in [3.63, 3.8) is 0 Å². The molecule has 0 spiro atoms. The highest BCUT2D eigenvalue weighted by atomic mass is 35.5. The molecule has 4 heterocycles. The van der Waals surface area contributed by atoms with Crippen molar-refractivity contribution in [3.05, 3.63) is 41.4 Å². The molecule has 186 valence electrons. The lowest BCUT2D eigenvalue weighted by Crippen LogP contribution is -2.41. The second-order valence-electron chi connectivity index (χ2n) is 9.26. The van der Waals surface area contributed by atoms with E-state index in [2.05, 4.69) is 25.7 Å². The number of pyridine rings is 1. The summed E-state index contributed by atoms with van der Waals surface area (Å²) in [5.74, 6) is -0.245. The maximum Gasteiger partial charge on any atom is 0.254 e. The smallest absolute Gasteiger partial charge is 0.254 e. The van der Waals surface area contributed by atoms with Gasteiger partial charge >= 0.3 is 0 Å². The van der Waals surface area contributed by atoms with Crippen LogP contribution >= 0.6 is 11.6 Å². The maximum absolute atomic E-state index is 13.1. The summed E-state index contributed by atoms with van der Waals surface area (Å²) in [4.78, 5) is 22.0. The zero-order valence-electron chi connectivity index (χ0n) is 19.5. The van der Waals surface area contributed by atoms with Gasteiger partial charge in [0.05, 0.1) is 70.9 Å². The summed E-state index contributed by atoms with van der Waals surface area (Å²) in [6.45, 7) is 1.52. The molecule has 0 atom stereocenters. The molecule has 11 heteroatoms. The molecule has 3 aromatic heterocycles. The standard InChI is InChI=1S/C24H29ClN6O4/c1-34-17-2-4-24(33,5-3-17)6-7-26-23(32)19-10-27-20(8-21(19)30-16-13-35-14-16)18-11-29-31-12-15(25)9-28-22(18)31/h8-12,16-17,33H,2-7,13-14H2,1H3,(H,26,32)(H,27,30). The van der Waals surface area contributed by atoms with Gasteiger partial charge in [0, 0.05) is 26.0 Å². The van der Waals surface area contributed by atoms with E-state index in [0.29, 0.717) is 66.6 Å². The molecule has 0 unspecified atom stereocenters. The van der Waals surface area contributed by atoms with E-state index in [1.54, 1.807) is 36.4 Å². The molecule has 1 saturated carbocycles. The van der Waals surface area contributed by atoms with E-state index in [1.807, 2.05) is 6.07 Å². The second kappa shape index (κ2) is 10.1. The number of aromatic nitrogens is 4. The largest absolute Gasteiger partial charge is 0.390 e. The predicted molar refractivity (Wildman–Crippen MR) is 131 cm³/mol. The number of fused-ring (bicyclic) bond motifs is 1. The van der Waals surface area contributed by atoms with Crippen LogP contribution in [0.5, 0.6) is 0 Å². The Morgan fingerprint density at radius 2 is 2.09 bits per heavy atom.